The van der Waals surface area contributed by atoms with Crippen LogP contribution in [0, 0.1) is 12.7 Å². The van der Waals surface area contributed by atoms with Crippen LogP contribution in [-0.2, 0) is 13.0 Å². The molecule has 132 valence electrons. The average molecular weight is 369 g/mol. The number of fused-ring (bicyclic) bond motifs is 1. The normalized spacial score (nSPS) is 13.4. The van der Waals surface area contributed by atoms with Crippen molar-refractivity contribution < 1.29 is 4.39 Å². The third kappa shape index (κ3) is 3.48. The lowest BCUT2D eigenvalue weighted by molar-refractivity contribution is 0.628. The van der Waals surface area contributed by atoms with Crippen molar-refractivity contribution in [1.29, 1.82) is 0 Å². The quantitative estimate of drug-likeness (QED) is 0.715. The summed E-state index contributed by atoms with van der Waals surface area (Å²) >= 11 is 5.86. The molecule has 0 saturated carbocycles. The zero-order valence-electron chi connectivity index (χ0n) is 14.3. The highest BCUT2D eigenvalue weighted by atomic mass is 35.5. The molecule has 0 saturated heterocycles. The Morgan fingerprint density at radius 3 is 2.69 bits per heavy atom. The Morgan fingerprint density at radius 1 is 1.08 bits per heavy atom. The van der Waals surface area contributed by atoms with Crippen LogP contribution >= 0.6 is 11.6 Å². The van der Waals surface area contributed by atoms with Gasteiger partial charge in [0.2, 0.25) is 0 Å². The molecule has 0 fully saturated rings. The van der Waals surface area contributed by atoms with E-state index >= 15 is 0 Å². The van der Waals surface area contributed by atoms with Crippen molar-refractivity contribution in [2.75, 3.05) is 16.8 Å². The first-order valence-corrected chi connectivity index (χ1v) is 8.86. The Hall–Kier alpha value is -2.66. The van der Waals surface area contributed by atoms with Gasteiger partial charge < -0.3 is 10.2 Å². The van der Waals surface area contributed by atoms with Crippen molar-refractivity contribution >= 4 is 28.9 Å². The number of anilines is 3. The first-order valence-electron chi connectivity index (χ1n) is 8.48. The maximum Gasteiger partial charge on any atom is 0.141 e. The van der Waals surface area contributed by atoms with Crippen molar-refractivity contribution in [2.24, 2.45) is 0 Å². The third-order valence-electron chi connectivity index (χ3n) is 4.47. The summed E-state index contributed by atoms with van der Waals surface area (Å²) in [7, 11) is 0. The van der Waals surface area contributed by atoms with E-state index in [2.05, 4.69) is 44.5 Å². The van der Waals surface area contributed by atoms with Gasteiger partial charge in [-0.1, -0.05) is 35.9 Å². The van der Waals surface area contributed by atoms with Crippen LogP contribution in [0.4, 0.5) is 21.7 Å². The van der Waals surface area contributed by atoms with Crippen LogP contribution in [0.25, 0.3) is 0 Å². The molecular weight excluding hydrogens is 351 g/mol. The fourth-order valence-electron chi connectivity index (χ4n) is 3.19. The second-order valence-electron chi connectivity index (χ2n) is 6.35. The van der Waals surface area contributed by atoms with Crippen molar-refractivity contribution in [3.8, 4) is 0 Å². The third-order valence-corrected chi connectivity index (χ3v) is 4.76. The van der Waals surface area contributed by atoms with Gasteiger partial charge in [0.15, 0.2) is 0 Å². The molecule has 1 N–H and O–H groups in total. The molecule has 0 amide bonds. The maximum absolute atomic E-state index is 13.3. The molecule has 3 aromatic rings. The van der Waals surface area contributed by atoms with E-state index in [4.69, 9.17) is 11.6 Å². The number of nitrogens with one attached hydrogen (secondary N) is 1. The topological polar surface area (TPSA) is 41.1 Å². The van der Waals surface area contributed by atoms with Crippen LogP contribution in [0.1, 0.15) is 17.0 Å². The smallest absolute Gasteiger partial charge is 0.141 e. The second kappa shape index (κ2) is 6.92. The minimum Gasteiger partial charge on any atom is -0.352 e. The van der Waals surface area contributed by atoms with Gasteiger partial charge in [0, 0.05) is 24.8 Å². The van der Waals surface area contributed by atoms with Crippen LogP contribution in [-0.4, -0.2) is 16.5 Å². The molecule has 2 heterocycles. The number of benzene rings is 2. The van der Waals surface area contributed by atoms with Crippen LogP contribution in [0.2, 0.25) is 5.02 Å². The first-order chi connectivity index (χ1) is 12.6. The number of hydrogen-bond donors (Lipinski definition) is 1. The second-order valence-corrected chi connectivity index (χ2v) is 6.76. The van der Waals surface area contributed by atoms with E-state index in [9.17, 15) is 4.39 Å². The zero-order valence-corrected chi connectivity index (χ0v) is 15.1. The Kier molecular flexibility index (Phi) is 4.47. The standard InChI is InChI=1S/C20H18ClFN4/c1-13-23-19(25-16-6-7-18(22)17(21)10-16)11-20(24-13)26-9-8-14-4-2-3-5-15(14)12-26/h2-7,10-11H,8-9,12H2,1H3,(H,23,24,25). The molecule has 1 aliphatic heterocycles. The number of rotatable bonds is 3. The molecule has 4 nitrogen and oxygen atoms in total. The average Bonchev–Trinajstić information content (AvgIpc) is 2.64. The van der Waals surface area contributed by atoms with Gasteiger partial charge in [0.05, 0.1) is 5.02 Å². The maximum atomic E-state index is 13.3. The van der Waals surface area contributed by atoms with Gasteiger partial charge in [-0.3, -0.25) is 0 Å². The molecule has 0 aliphatic carbocycles. The van der Waals surface area contributed by atoms with Crippen molar-refractivity contribution in [3.63, 3.8) is 0 Å². The SMILES string of the molecule is Cc1nc(Nc2ccc(F)c(Cl)c2)cc(N2CCc3ccccc3C2)n1. The number of aromatic nitrogens is 2. The minimum atomic E-state index is -0.441. The summed E-state index contributed by atoms with van der Waals surface area (Å²) in [6.07, 6.45) is 0.996. The molecule has 4 rings (SSSR count). The fourth-order valence-corrected chi connectivity index (χ4v) is 3.37. The summed E-state index contributed by atoms with van der Waals surface area (Å²) in [6, 6.07) is 14.9. The van der Waals surface area contributed by atoms with Crippen molar-refractivity contribution in [3.05, 3.63) is 76.3 Å². The molecule has 1 aliphatic rings. The summed E-state index contributed by atoms with van der Waals surface area (Å²) in [5, 5.41) is 3.26. The van der Waals surface area contributed by atoms with Gasteiger partial charge in [-0.05, 0) is 42.7 Å². The molecule has 1 aromatic heterocycles. The Morgan fingerprint density at radius 2 is 1.88 bits per heavy atom. The number of nitrogens with zero attached hydrogens (tertiary/aromatic N) is 3. The van der Waals surface area contributed by atoms with E-state index in [1.807, 2.05) is 13.0 Å². The first kappa shape index (κ1) is 16.8. The number of aryl methyl sites for hydroxylation is 1. The van der Waals surface area contributed by atoms with Gasteiger partial charge in [-0.2, -0.15) is 0 Å². The van der Waals surface area contributed by atoms with Gasteiger partial charge in [0.1, 0.15) is 23.3 Å². The lowest BCUT2D eigenvalue weighted by Gasteiger charge is -2.30. The fraction of sp³-hybridized carbons (Fsp3) is 0.200. The molecule has 0 unspecified atom stereocenters. The predicted octanol–water partition coefficient (Wildman–Crippen LogP) is 4.88. The molecular formula is C20H18ClFN4. The van der Waals surface area contributed by atoms with Crippen LogP contribution < -0.4 is 10.2 Å². The van der Waals surface area contributed by atoms with E-state index in [0.717, 1.165) is 25.3 Å². The molecule has 0 bridgehead atoms. The van der Waals surface area contributed by atoms with E-state index in [-0.39, 0.29) is 5.02 Å². The predicted molar refractivity (Wildman–Crippen MR) is 103 cm³/mol. The Balaban J connectivity index is 1.59. The van der Waals surface area contributed by atoms with Crippen molar-refractivity contribution in [1.82, 2.24) is 9.97 Å². The lowest BCUT2D eigenvalue weighted by Crippen LogP contribution is -2.31. The highest BCUT2D eigenvalue weighted by Crippen LogP contribution is 2.27. The van der Waals surface area contributed by atoms with E-state index in [1.165, 1.54) is 17.2 Å². The van der Waals surface area contributed by atoms with Crippen molar-refractivity contribution in [2.45, 2.75) is 19.9 Å². The van der Waals surface area contributed by atoms with Crippen LogP contribution in [0.15, 0.2) is 48.5 Å². The summed E-state index contributed by atoms with van der Waals surface area (Å²) in [5.41, 5.74) is 3.41. The minimum absolute atomic E-state index is 0.0774. The lowest BCUT2D eigenvalue weighted by atomic mass is 10.00. The van der Waals surface area contributed by atoms with Gasteiger partial charge >= 0.3 is 0 Å². The molecule has 0 atom stereocenters. The molecule has 26 heavy (non-hydrogen) atoms. The molecule has 0 radical (unpaired) electrons. The zero-order chi connectivity index (χ0) is 18.1. The molecule has 0 spiro atoms. The van der Waals surface area contributed by atoms with Gasteiger partial charge in [0.25, 0.3) is 0 Å². The number of halogens is 2. The molecule has 2 aromatic carbocycles. The van der Waals surface area contributed by atoms with Crippen LogP contribution in [0.5, 0.6) is 0 Å². The summed E-state index contributed by atoms with van der Waals surface area (Å²) in [4.78, 5) is 11.3. The summed E-state index contributed by atoms with van der Waals surface area (Å²) in [5.74, 6) is 1.78. The largest absolute Gasteiger partial charge is 0.352 e. The van der Waals surface area contributed by atoms with E-state index in [0.29, 0.717) is 17.3 Å². The molecule has 6 heteroatoms. The Labute approximate surface area is 156 Å². The Bertz CT molecular complexity index is 960. The highest BCUT2D eigenvalue weighted by molar-refractivity contribution is 6.31. The number of hydrogen-bond acceptors (Lipinski definition) is 4. The van der Waals surface area contributed by atoms with Crippen LogP contribution in [0.3, 0.4) is 0 Å². The summed E-state index contributed by atoms with van der Waals surface area (Å²) < 4.78 is 13.3. The van der Waals surface area contributed by atoms with Gasteiger partial charge in [-0.15, -0.1) is 0 Å². The monoisotopic (exact) mass is 368 g/mol. The van der Waals surface area contributed by atoms with E-state index in [1.54, 1.807) is 12.1 Å². The van der Waals surface area contributed by atoms with Gasteiger partial charge in [-0.25, -0.2) is 14.4 Å². The van der Waals surface area contributed by atoms with E-state index < -0.39 is 5.82 Å². The highest BCUT2D eigenvalue weighted by Gasteiger charge is 2.18. The summed E-state index contributed by atoms with van der Waals surface area (Å²) in [6.45, 7) is 3.61.